The minimum Gasteiger partial charge on any atom is -0.462 e. The molecule has 7 rings (SSSR count). The highest BCUT2D eigenvalue weighted by molar-refractivity contribution is 6.02. The van der Waals surface area contributed by atoms with Crippen LogP contribution in [-0.2, 0) is 11.2 Å². The second-order valence-electron chi connectivity index (χ2n) is 12.9. The molecule has 5 aromatic rings. The van der Waals surface area contributed by atoms with Gasteiger partial charge >= 0.3 is 5.97 Å². The second kappa shape index (κ2) is 15.1. The fourth-order valence-corrected chi connectivity index (χ4v) is 6.68. The summed E-state index contributed by atoms with van der Waals surface area (Å²) in [6, 6.07) is 26.7. The van der Waals surface area contributed by atoms with Crippen molar-refractivity contribution in [1.82, 2.24) is 19.8 Å². The molecule has 2 N–H and O–H groups in total. The molecule has 1 aliphatic heterocycles. The third-order valence-electron chi connectivity index (χ3n) is 9.49. The fraction of sp³-hybridized carbons (Fsp3) is 0.300. The van der Waals surface area contributed by atoms with E-state index < -0.39 is 0 Å². The largest absolute Gasteiger partial charge is 0.462 e. The number of nitrogens with one attached hydrogen (secondary N) is 2. The number of amides is 1. The summed E-state index contributed by atoms with van der Waals surface area (Å²) in [6.45, 7) is 8.53. The lowest BCUT2D eigenvalue weighted by atomic mass is 9.78. The first-order valence-electron chi connectivity index (χ1n) is 17.3. The van der Waals surface area contributed by atoms with Crippen LogP contribution in [0.1, 0.15) is 56.9 Å². The van der Waals surface area contributed by atoms with Gasteiger partial charge in [-0.15, -0.1) is 0 Å². The average molecular weight is 671 g/mol. The van der Waals surface area contributed by atoms with Crippen LogP contribution in [0.25, 0.3) is 22.6 Å². The molecular weight excluding hydrogens is 628 g/mol. The van der Waals surface area contributed by atoms with Crippen LogP contribution in [0.15, 0.2) is 95.5 Å². The number of furan rings is 1. The van der Waals surface area contributed by atoms with E-state index in [0.717, 1.165) is 80.1 Å². The molecule has 50 heavy (non-hydrogen) atoms. The molecule has 2 aliphatic rings. The maximum Gasteiger partial charge on any atom is 0.338 e. The van der Waals surface area contributed by atoms with E-state index in [9.17, 15) is 9.59 Å². The van der Waals surface area contributed by atoms with Crippen LogP contribution < -0.4 is 10.6 Å². The number of rotatable bonds is 11. The topological polar surface area (TPSA) is 113 Å². The van der Waals surface area contributed by atoms with E-state index in [4.69, 9.17) is 14.1 Å². The number of carbonyl (C=O) groups is 2. The van der Waals surface area contributed by atoms with E-state index in [0.29, 0.717) is 29.6 Å². The molecule has 0 bridgehead atoms. The van der Waals surface area contributed by atoms with Crippen molar-refractivity contribution in [3.8, 4) is 22.6 Å². The Morgan fingerprint density at radius 1 is 0.940 bits per heavy atom. The van der Waals surface area contributed by atoms with Crippen molar-refractivity contribution in [3.05, 3.63) is 119 Å². The Bertz CT molecular complexity index is 1950. The quantitative estimate of drug-likeness (QED) is 0.119. The van der Waals surface area contributed by atoms with Crippen LogP contribution in [0.2, 0.25) is 0 Å². The lowest BCUT2D eigenvalue weighted by molar-refractivity contribution is 0.0526. The summed E-state index contributed by atoms with van der Waals surface area (Å²) >= 11 is 0. The molecule has 0 saturated carbocycles. The van der Waals surface area contributed by atoms with Crippen molar-refractivity contribution in [2.75, 3.05) is 63.6 Å². The van der Waals surface area contributed by atoms with Gasteiger partial charge in [0.2, 0.25) is 5.95 Å². The summed E-state index contributed by atoms with van der Waals surface area (Å²) in [5.41, 5.74) is 7.51. The van der Waals surface area contributed by atoms with Crippen LogP contribution in [0.4, 0.5) is 11.6 Å². The summed E-state index contributed by atoms with van der Waals surface area (Å²) in [5, 5.41) is 6.40. The molecule has 1 amide bonds. The van der Waals surface area contributed by atoms with E-state index >= 15 is 0 Å². The maximum atomic E-state index is 13.1. The van der Waals surface area contributed by atoms with Crippen LogP contribution in [0, 0.1) is 0 Å². The Labute approximate surface area is 292 Å². The monoisotopic (exact) mass is 670 g/mol. The van der Waals surface area contributed by atoms with E-state index in [1.807, 2.05) is 18.3 Å². The van der Waals surface area contributed by atoms with Crippen molar-refractivity contribution in [1.29, 1.82) is 0 Å². The number of aromatic nitrogens is 2. The lowest BCUT2D eigenvalue weighted by Crippen LogP contribution is -2.44. The van der Waals surface area contributed by atoms with E-state index in [-0.39, 0.29) is 23.6 Å². The molecule has 0 spiro atoms. The van der Waals surface area contributed by atoms with Gasteiger partial charge in [-0.3, -0.25) is 4.79 Å². The SMILES string of the molecule is CCOC(=O)c1ccc(-c2ccc(C(=O)Nc3ccc(C4Cc5cnc(NCCCN6CCN(C)CC6)nc5-c5ccccc54)cc3)o2)cc1. The summed E-state index contributed by atoms with van der Waals surface area (Å²) in [4.78, 5) is 39.6. The van der Waals surface area contributed by atoms with Gasteiger partial charge in [-0.1, -0.05) is 48.5 Å². The molecule has 1 aliphatic carbocycles. The van der Waals surface area contributed by atoms with Crippen molar-refractivity contribution >= 4 is 23.5 Å². The Morgan fingerprint density at radius 3 is 2.50 bits per heavy atom. The van der Waals surface area contributed by atoms with Gasteiger partial charge < -0.3 is 29.6 Å². The maximum absolute atomic E-state index is 13.1. The zero-order chi connectivity index (χ0) is 34.5. The number of hydrogen-bond donors (Lipinski definition) is 2. The molecule has 2 aromatic heterocycles. The number of likely N-dealkylation sites (N-methyl/N-ethyl adjacent to an activating group) is 1. The highest BCUT2D eigenvalue weighted by atomic mass is 16.5. The number of ether oxygens (including phenoxy) is 1. The fourth-order valence-electron chi connectivity index (χ4n) is 6.68. The van der Waals surface area contributed by atoms with Crippen molar-refractivity contribution in [2.45, 2.75) is 25.7 Å². The standard InChI is InChI=1S/C40H42N6O4/c1-3-49-39(48)29-11-9-28(10-12-29)35-17-18-36(50-35)38(47)43-31-15-13-27(14-16-31)34-25-30-26-42-40(44-37(30)33-8-5-4-7-32(33)34)41-19-6-20-46-23-21-45(2)22-24-46/h4-5,7-18,26,34H,3,6,19-25H2,1-2H3,(H,43,47)(H,41,42,44). The molecule has 3 aromatic carbocycles. The van der Waals surface area contributed by atoms with E-state index in [1.165, 1.54) is 5.56 Å². The normalized spacial score (nSPS) is 15.9. The molecule has 1 saturated heterocycles. The van der Waals surface area contributed by atoms with Gasteiger partial charge in [0.05, 0.1) is 17.9 Å². The molecule has 256 valence electrons. The lowest BCUT2D eigenvalue weighted by Gasteiger charge is -2.32. The van der Waals surface area contributed by atoms with Crippen molar-refractivity contribution in [3.63, 3.8) is 0 Å². The minimum absolute atomic E-state index is 0.136. The third kappa shape index (κ3) is 7.46. The Morgan fingerprint density at radius 2 is 1.72 bits per heavy atom. The molecule has 10 nitrogen and oxygen atoms in total. The van der Waals surface area contributed by atoms with Crippen LogP contribution >= 0.6 is 0 Å². The van der Waals surface area contributed by atoms with Gasteiger partial charge in [-0.2, -0.15) is 0 Å². The van der Waals surface area contributed by atoms with Crippen LogP contribution in [0.5, 0.6) is 0 Å². The summed E-state index contributed by atoms with van der Waals surface area (Å²) < 4.78 is 10.9. The Kier molecular flexibility index (Phi) is 10.00. The van der Waals surface area contributed by atoms with Crippen molar-refractivity contribution in [2.24, 2.45) is 0 Å². The molecule has 0 radical (unpaired) electrons. The average Bonchev–Trinajstić information content (AvgIpc) is 3.65. The first kappa shape index (κ1) is 33.2. The zero-order valence-electron chi connectivity index (χ0n) is 28.5. The van der Waals surface area contributed by atoms with Gasteiger partial charge in [-0.05, 0) is 86.4 Å². The first-order valence-corrected chi connectivity index (χ1v) is 17.3. The summed E-state index contributed by atoms with van der Waals surface area (Å²) in [7, 11) is 2.18. The number of nitrogens with zero attached hydrogens (tertiary/aromatic N) is 4. The van der Waals surface area contributed by atoms with Gasteiger partial charge in [0.15, 0.2) is 5.76 Å². The zero-order valence-corrected chi connectivity index (χ0v) is 28.5. The number of benzene rings is 3. The number of anilines is 2. The predicted octanol–water partition coefficient (Wildman–Crippen LogP) is 6.57. The molecule has 3 heterocycles. The first-order chi connectivity index (χ1) is 24.4. The Balaban J connectivity index is 0.979. The van der Waals surface area contributed by atoms with E-state index in [1.54, 1.807) is 43.3 Å². The van der Waals surface area contributed by atoms with Gasteiger partial charge in [0.1, 0.15) is 5.76 Å². The highest BCUT2D eigenvalue weighted by Crippen LogP contribution is 2.42. The van der Waals surface area contributed by atoms with E-state index in [2.05, 4.69) is 68.9 Å². The third-order valence-corrected chi connectivity index (χ3v) is 9.49. The second-order valence-corrected chi connectivity index (χ2v) is 12.9. The molecule has 1 fully saturated rings. The smallest absolute Gasteiger partial charge is 0.338 e. The molecular formula is C40H42N6O4. The minimum atomic E-state index is -0.374. The summed E-state index contributed by atoms with van der Waals surface area (Å²) in [6.07, 6.45) is 3.81. The van der Waals surface area contributed by atoms with Gasteiger partial charge in [0, 0.05) is 61.7 Å². The molecule has 1 unspecified atom stereocenters. The van der Waals surface area contributed by atoms with Crippen molar-refractivity contribution < 1.29 is 18.7 Å². The number of esters is 1. The molecule has 10 heteroatoms. The summed E-state index contributed by atoms with van der Waals surface area (Å²) in [5.74, 6) is 0.819. The highest BCUT2D eigenvalue weighted by Gasteiger charge is 2.27. The predicted molar refractivity (Wildman–Crippen MR) is 195 cm³/mol. The van der Waals surface area contributed by atoms with Crippen LogP contribution in [0.3, 0.4) is 0 Å². The van der Waals surface area contributed by atoms with Gasteiger partial charge in [-0.25, -0.2) is 14.8 Å². The number of piperazine rings is 1. The van der Waals surface area contributed by atoms with Crippen LogP contribution in [-0.4, -0.2) is 84.6 Å². The number of fused-ring (bicyclic) bond motifs is 3. The number of carbonyl (C=O) groups excluding carboxylic acids is 2. The Hall–Kier alpha value is -5.32. The number of hydrogen-bond acceptors (Lipinski definition) is 9. The van der Waals surface area contributed by atoms with Gasteiger partial charge in [0.25, 0.3) is 5.91 Å². The molecule has 1 atom stereocenters.